The molecular weight excluding hydrogens is 165 g/mol. The molecule has 1 aromatic rings. The number of benzene rings is 1. The molecule has 2 N–H and O–H groups in total. The van der Waals surface area contributed by atoms with Crippen molar-refractivity contribution in [3.63, 3.8) is 0 Å². The van der Waals surface area contributed by atoms with Gasteiger partial charge in [0.25, 0.3) is 0 Å². The van der Waals surface area contributed by atoms with Crippen LogP contribution < -0.4 is 5.73 Å². The van der Waals surface area contributed by atoms with Crippen molar-refractivity contribution in [1.82, 2.24) is 0 Å². The summed E-state index contributed by atoms with van der Waals surface area (Å²) in [5.41, 5.74) is 6.27. The third-order valence-electron chi connectivity index (χ3n) is 1.39. The van der Waals surface area contributed by atoms with Gasteiger partial charge in [0, 0.05) is 0 Å². The van der Waals surface area contributed by atoms with E-state index in [0.717, 1.165) is 5.56 Å². The zero-order valence-electron chi connectivity index (χ0n) is 6.03. The van der Waals surface area contributed by atoms with Gasteiger partial charge < -0.3 is 5.73 Å². The van der Waals surface area contributed by atoms with Crippen molar-refractivity contribution < 1.29 is 4.39 Å². The number of rotatable bonds is 2. The molecule has 11 heavy (non-hydrogen) atoms. The summed E-state index contributed by atoms with van der Waals surface area (Å²) in [6, 6.07) is 8.78. The minimum Gasteiger partial charge on any atom is -0.322 e. The van der Waals surface area contributed by atoms with Gasteiger partial charge in [-0.15, -0.1) is 12.4 Å². The summed E-state index contributed by atoms with van der Waals surface area (Å²) in [6.07, 6.45) is 0. The summed E-state index contributed by atoms with van der Waals surface area (Å²) in [6.45, 7) is -0.496. The summed E-state index contributed by atoms with van der Waals surface area (Å²) in [5, 5.41) is 0. The molecular formula is C8H11ClFN. The molecule has 0 aliphatic carbocycles. The predicted octanol–water partition coefficient (Wildman–Crippen LogP) is 2.08. The number of hydrogen-bond acceptors (Lipinski definition) is 1. The molecule has 1 atom stereocenters. The molecule has 1 unspecified atom stereocenters. The van der Waals surface area contributed by atoms with E-state index in [2.05, 4.69) is 0 Å². The zero-order chi connectivity index (χ0) is 7.40. The highest BCUT2D eigenvalue weighted by atomic mass is 35.5. The van der Waals surface area contributed by atoms with Crippen LogP contribution in [0.4, 0.5) is 4.39 Å². The van der Waals surface area contributed by atoms with Crippen molar-refractivity contribution in [2.75, 3.05) is 6.67 Å². The minimum absolute atomic E-state index is 0. The fraction of sp³-hybridized carbons (Fsp3) is 0.250. The number of hydrogen-bond donors (Lipinski definition) is 1. The van der Waals surface area contributed by atoms with Crippen LogP contribution in [0.3, 0.4) is 0 Å². The van der Waals surface area contributed by atoms with Crippen LogP contribution in [0.15, 0.2) is 30.3 Å². The Morgan fingerprint density at radius 2 is 1.82 bits per heavy atom. The van der Waals surface area contributed by atoms with E-state index in [0.29, 0.717) is 0 Å². The van der Waals surface area contributed by atoms with E-state index >= 15 is 0 Å². The summed E-state index contributed by atoms with van der Waals surface area (Å²) >= 11 is 0. The lowest BCUT2D eigenvalue weighted by Gasteiger charge is -2.04. The van der Waals surface area contributed by atoms with Gasteiger partial charge in [0.1, 0.15) is 6.67 Å². The molecule has 0 saturated heterocycles. The average Bonchev–Trinajstić information content (AvgIpc) is 2.05. The van der Waals surface area contributed by atoms with Crippen molar-refractivity contribution in [1.29, 1.82) is 0 Å². The molecule has 0 radical (unpaired) electrons. The van der Waals surface area contributed by atoms with Gasteiger partial charge in [0.2, 0.25) is 0 Å². The molecule has 0 spiro atoms. The van der Waals surface area contributed by atoms with Gasteiger partial charge in [0.05, 0.1) is 6.04 Å². The first-order valence-corrected chi connectivity index (χ1v) is 3.21. The third-order valence-corrected chi connectivity index (χ3v) is 1.39. The first-order chi connectivity index (χ1) is 4.84. The second-order valence-corrected chi connectivity index (χ2v) is 2.17. The number of alkyl halides is 1. The van der Waals surface area contributed by atoms with E-state index < -0.39 is 12.7 Å². The largest absolute Gasteiger partial charge is 0.322 e. The highest BCUT2D eigenvalue weighted by Crippen LogP contribution is 2.08. The van der Waals surface area contributed by atoms with Gasteiger partial charge in [-0.3, -0.25) is 0 Å². The Morgan fingerprint density at radius 1 is 1.27 bits per heavy atom. The molecule has 62 valence electrons. The summed E-state index contributed by atoms with van der Waals surface area (Å²) < 4.78 is 11.9. The highest BCUT2D eigenvalue weighted by molar-refractivity contribution is 5.85. The molecule has 1 nitrogen and oxygen atoms in total. The van der Waals surface area contributed by atoms with Crippen molar-refractivity contribution in [2.24, 2.45) is 5.73 Å². The monoisotopic (exact) mass is 175 g/mol. The minimum atomic E-state index is -0.496. The highest BCUT2D eigenvalue weighted by Gasteiger charge is 2.01. The Bertz CT molecular complexity index is 191. The van der Waals surface area contributed by atoms with Crippen molar-refractivity contribution >= 4 is 12.4 Å². The molecule has 1 rings (SSSR count). The van der Waals surface area contributed by atoms with Crippen molar-refractivity contribution in [3.05, 3.63) is 35.9 Å². The van der Waals surface area contributed by atoms with Gasteiger partial charge in [0.15, 0.2) is 0 Å². The topological polar surface area (TPSA) is 26.0 Å². The van der Waals surface area contributed by atoms with Crippen molar-refractivity contribution in [2.45, 2.75) is 6.04 Å². The molecule has 0 saturated carbocycles. The summed E-state index contributed by atoms with van der Waals surface area (Å²) in [4.78, 5) is 0. The molecule has 0 aliphatic rings. The third kappa shape index (κ3) is 2.87. The summed E-state index contributed by atoms with van der Waals surface area (Å²) in [5.74, 6) is 0. The van der Waals surface area contributed by atoms with Crippen LogP contribution in [-0.2, 0) is 0 Å². The average molecular weight is 176 g/mol. The summed E-state index contributed by atoms with van der Waals surface area (Å²) in [7, 11) is 0. The van der Waals surface area contributed by atoms with E-state index in [-0.39, 0.29) is 12.4 Å². The van der Waals surface area contributed by atoms with Crippen LogP contribution in [-0.4, -0.2) is 6.67 Å². The fourth-order valence-electron chi connectivity index (χ4n) is 0.789. The van der Waals surface area contributed by atoms with Crippen LogP contribution in [0.1, 0.15) is 11.6 Å². The molecule has 0 bridgehead atoms. The number of halogens is 2. The van der Waals surface area contributed by atoms with Gasteiger partial charge in [-0.25, -0.2) is 4.39 Å². The van der Waals surface area contributed by atoms with Crippen LogP contribution in [0.25, 0.3) is 0 Å². The van der Waals surface area contributed by atoms with Gasteiger partial charge in [-0.2, -0.15) is 0 Å². The van der Waals surface area contributed by atoms with Crippen LogP contribution in [0.2, 0.25) is 0 Å². The van der Waals surface area contributed by atoms with Gasteiger partial charge in [-0.05, 0) is 5.56 Å². The molecule has 0 aromatic heterocycles. The fourth-order valence-corrected chi connectivity index (χ4v) is 0.789. The van der Waals surface area contributed by atoms with E-state index in [1.807, 2.05) is 30.3 Å². The van der Waals surface area contributed by atoms with Gasteiger partial charge >= 0.3 is 0 Å². The zero-order valence-corrected chi connectivity index (χ0v) is 6.85. The maximum absolute atomic E-state index is 11.9. The standard InChI is InChI=1S/C8H10FN.ClH/c9-6-8(10)7-4-2-1-3-5-7;/h1-5,8H,6,10H2;1H. The Labute approximate surface area is 71.8 Å². The Balaban J connectivity index is 0.000001000. The second-order valence-electron chi connectivity index (χ2n) is 2.17. The van der Waals surface area contributed by atoms with E-state index in [9.17, 15) is 4.39 Å². The van der Waals surface area contributed by atoms with Crippen LogP contribution >= 0.6 is 12.4 Å². The number of nitrogens with two attached hydrogens (primary N) is 1. The van der Waals surface area contributed by atoms with Crippen LogP contribution in [0, 0.1) is 0 Å². The quantitative estimate of drug-likeness (QED) is 0.732. The molecule has 0 aliphatic heterocycles. The Kier molecular flexibility index (Phi) is 4.83. The smallest absolute Gasteiger partial charge is 0.109 e. The Morgan fingerprint density at radius 3 is 2.27 bits per heavy atom. The lowest BCUT2D eigenvalue weighted by atomic mass is 10.1. The maximum Gasteiger partial charge on any atom is 0.109 e. The molecule has 0 heterocycles. The SMILES string of the molecule is Cl.NC(CF)c1ccccc1. The van der Waals surface area contributed by atoms with Crippen molar-refractivity contribution in [3.8, 4) is 0 Å². The lowest BCUT2D eigenvalue weighted by Crippen LogP contribution is -2.11. The second kappa shape index (κ2) is 5.10. The first kappa shape index (κ1) is 10.4. The lowest BCUT2D eigenvalue weighted by molar-refractivity contribution is 0.437. The Hall–Kier alpha value is -0.600. The van der Waals surface area contributed by atoms with E-state index in [1.54, 1.807) is 0 Å². The van der Waals surface area contributed by atoms with Gasteiger partial charge in [-0.1, -0.05) is 30.3 Å². The predicted molar refractivity (Wildman–Crippen MR) is 46.6 cm³/mol. The molecule has 1 aromatic carbocycles. The normalized spacial score (nSPS) is 11.8. The van der Waals surface area contributed by atoms with Crippen LogP contribution in [0.5, 0.6) is 0 Å². The first-order valence-electron chi connectivity index (χ1n) is 3.21. The maximum atomic E-state index is 11.9. The molecule has 0 fully saturated rings. The van der Waals surface area contributed by atoms with E-state index in [1.165, 1.54) is 0 Å². The molecule has 3 heteroatoms. The van der Waals surface area contributed by atoms with E-state index in [4.69, 9.17) is 5.73 Å². The molecule has 0 amide bonds.